The second-order valence-corrected chi connectivity index (χ2v) is 4.70. The third-order valence-electron chi connectivity index (χ3n) is 2.14. The van der Waals surface area contributed by atoms with E-state index in [9.17, 15) is 14.4 Å². The van der Waals surface area contributed by atoms with Gasteiger partial charge in [-0.25, -0.2) is 0 Å². The third-order valence-corrected chi connectivity index (χ3v) is 3.20. The molecule has 19 heavy (non-hydrogen) atoms. The quantitative estimate of drug-likeness (QED) is 0.427. The molecular formula is C11H20N2O5S. The Morgan fingerprint density at radius 1 is 1.26 bits per heavy atom. The van der Waals surface area contributed by atoms with Gasteiger partial charge in [-0.15, -0.1) is 11.8 Å². The molecule has 0 radical (unpaired) electrons. The average molecular weight is 292 g/mol. The van der Waals surface area contributed by atoms with Crippen LogP contribution < -0.4 is 11.1 Å². The Hall–Kier alpha value is -1.28. The number of carbonyl (C=O) groups excluding carboxylic acids is 3. The smallest absolute Gasteiger partial charge is 0.323 e. The summed E-state index contributed by atoms with van der Waals surface area (Å²) in [5.41, 5.74) is 5.51. The van der Waals surface area contributed by atoms with Crippen molar-refractivity contribution in [2.75, 3.05) is 32.3 Å². The fourth-order valence-corrected chi connectivity index (χ4v) is 1.91. The number of amides is 1. The Kier molecular flexibility index (Phi) is 9.91. The van der Waals surface area contributed by atoms with Gasteiger partial charge in [0.25, 0.3) is 0 Å². The first-order chi connectivity index (χ1) is 9.01. The summed E-state index contributed by atoms with van der Waals surface area (Å²) in [4.78, 5) is 33.2. The van der Waals surface area contributed by atoms with Crippen molar-refractivity contribution in [1.82, 2.24) is 5.32 Å². The second kappa shape index (κ2) is 10.6. The maximum atomic E-state index is 11.4. The number of esters is 2. The lowest BCUT2D eigenvalue weighted by molar-refractivity contribution is -0.142. The lowest BCUT2D eigenvalue weighted by Crippen LogP contribution is -2.35. The topological polar surface area (TPSA) is 108 Å². The van der Waals surface area contributed by atoms with E-state index in [1.165, 1.54) is 26.0 Å². The standard InChI is InChI=1S/C11H20N2O5S/c1-17-10(15)4-3-5-13-9(14)7-19-6-8(12)11(16)18-2/h8H,3-7,12H2,1-2H3,(H,13,14). The average Bonchev–Trinajstić information content (AvgIpc) is 2.42. The fourth-order valence-electron chi connectivity index (χ4n) is 1.11. The molecule has 0 bridgehead atoms. The number of nitrogens with two attached hydrogens (primary N) is 1. The van der Waals surface area contributed by atoms with Crippen molar-refractivity contribution in [1.29, 1.82) is 0 Å². The molecule has 1 atom stereocenters. The van der Waals surface area contributed by atoms with E-state index in [1.54, 1.807) is 0 Å². The molecule has 0 aliphatic carbocycles. The molecule has 0 rings (SSSR count). The molecule has 0 aromatic carbocycles. The van der Waals surface area contributed by atoms with Crippen LogP contribution in [-0.2, 0) is 23.9 Å². The molecule has 0 saturated heterocycles. The lowest BCUT2D eigenvalue weighted by atomic mass is 10.3. The molecule has 1 unspecified atom stereocenters. The van der Waals surface area contributed by atoms with E-state index in [-0.39, 0.29) is 24.1 Å². The van der Waals surface area contributed by atoms with E-state index in [4.69, 9.17) is 5.73 Å². The van der Waals surface area contributed by atoms with E-state index >= 15 is 0 Å². The van der Waals surface area contributed by atoms with Gasteiger partial charge in [0.05, 0.1) is 20.0 Å². The van der Waals surface area contributed by atoms with Crippen LogP contribution in [0.4, 0.5) is 0 Å². The SMILES string of the molecule is COC(=O)CCCNC(=O)CSCC(N)C(=O)OC. The van der Waals surface area contributed by atoms with Gasteiger partial charge in [0, 0.05) is 18.7 Å². The minimum Gasteiger partial charge on any atom is -0.469 e. The summed E-state index contributed by atoms with van der Waals surface area (Å²) < 4.78 is 8.93. The summed E-state index contributed by atoms with van der Waals surface area (Å²) in [5, 5.41) is 2.65. The normalized spacial score (nSPS) is 11.5. The van der Waals surface area contributed by atoms with Gasteiger partial charge in [0.15, 0.2) is 0 Å². The molecule has 0 aromatic rings. The molecule has 0 aliphatic rings. The molecule has 0 aliphatic heterocycles. The molecule has 0 aromatic heterocycles. The van der Waals surface area contributed by atoms with Gasteiger partial charge in [-0.05, 0) is 6.42 Å². The summed E-state index contributed by atoms with van der Waals surface area (Å²) in [6.45, 7) is 0.414. The van der Waals surface area contributed by atoms with Crippen LogP contribution in [0.1, 0.15) is 12.8 Å². The van der Waals surface area contributed by atoms with E-state index in [0.29, 0.717) is 18.7 Å². The number of rotatable bonds is 9. The number of thioether (sulfide) groups is 1. The van der Waals surface area contributed by atoms with Crippen LogP contribution in [-0.4, -0.2) is 56.2 Å². The highest BCUT2D eigenvalue weighted by Gasteiger charge is 2.14. The third kappa shape index (κ3) is 9.32. The number of carbonyl (C=O) groups is 3. The van der Waals surface area contributed by atoms with Crippen molar-refractivity contribution in [2.45, 2.75) is 18.9 Å². The monoisotopic (exact) mass is 292 g/mol. The lowest BCUT2D eigenvalue weighted by Gasteiger charge is -2.08. The summed E-state index contributed by atoms with van der Waals surface area (Å²) in [5.74, 6) is -0.420. The fraction of sp³-hybridized carbons (Fsp3) is 0.727. The first-order valence-corrected chi connectivity index (χ1v) is 6.91. The van der Waals surface area contributed by atoms with Crippen LogP contribution in [0.2, 0.25) is 0 Å². The largest absolute Gasteiger partial charge is 0.469 e. The molecule has 1 amide bonds. The van der Waals surface area contributed by atoms with Crippen LogP contribution in [0.3, 0.4) is 0 Å². The number of hydrogen-bond donors (Lipinski definition) is 2. The van der Waals surface area contributed by atoms with Crippen molar-refractivity contribution in [3.63, 3.8) is 0 Å². The zero-order valence-corrected chi connectivity index (χ0v) is 12.0. The highest BCUT2D eigenvalue weighted by Crippen LogP contribution is 2.02. The molecule has 7 nitrogen and oxygen atoms in total. The van der Waals surface area contributed by atoms with E-state index in [0.717, 1.165) is 0 Å². The van der Waals surface area contributed by atoms with Gasteiger partial charge in [0.1, 0.15) is 6.04 Å². The van der Waals surface area contributed by atoms with Crippen LogP contribution >= 0.6 is 11.8 Å². The van der Waals surface area contributed by atoms with Crippen molar-refractivity contribution < 1.29 is 23.9 Å². The molecule has 0 spiro atoms. The van der Waals surface area contributed by atoms with Crippen LogP contribution in [0.15, 0.2) is 0 Å². The number of methoxy groups -OCH3 is 2. The minimum atomic E-state index is -0.720. The van der Waals surface area contributed by atoms with Crippen LogP contribution in [0, 0.1) is 0 Å². The first-order valence-electron chi connectivity index (χ1n) is 5.76. The van der Waals surface area contributed by atoms with Gasteiger partial charge >= 0.3 is 11.9 Å². The van der Waals surface area contributed by atoms with Gasteiger partial charge in [-0.3, -0.25) is 14.4 Å². The molecule has 0 saturated carbocycles. The number of nitrogens with one attached hydrogen (secondary N) is 1. The number of ether oxygens (including phenoxy) is 2. The molecule has 3 N–H and O–H groups in total. The molecular weight excluding hydrogens is 272 g/mol. The Morgan fingerprint density at radius 3 is 2.53 bits per heavy atom. The van der Waals surface area contributed by atoms with Crippen molar-refractivity contribution >= 4 is 29.6 Å². The molecule has 0 heterocycles. The van der Waals surface area contributed by atoms with Crippen molar-refractivity contribution in [3.05, 3.63) is 0 Å². The Bertz CT molecular complexity index is 311. The summed E-state index contributed by atoms with van der Waals surface area (Å²) in [6.07, 6.45) is 0.807. The van der Waals surface area contributed by atoms with Gasteiger partial charge in [0.2, 0.25) is 5.91 Å². The number of hydrogen-bond acceptors (Lipinski definition) is 7. The molecule has 0 fully saturated rings. The summed E-state index contributed by atoms with van der Waals surface area (Å²) in [6, 6.07) is -0.720. The van der Waals surface area contributed by atoms with Gasteiger partial charge in [-0.1, -0.05) is 0 Å². The van der Waals surface area contributed by atoms with Gasteiger partial charge in [-0.2, -0.15) is 0 Å². The Morgan fingerprint density at radius 2 is 1.95 bits per heavy atom. The second-order valence-electron chi connectivity index (χ2n) is 3.67. The Labute approximate surface area is 116 Å². The highest BCUT2D eigenvalue weighted by molar-refractivity contribution is 8.00. The van der Waals surface area contributed by atoms with Crippen LogP contribution in [0.25, 0.3) is 0 Å². The Balaban J connectivity index is 3.55. The molecule has 110 valence electrons. The van der Waals surface area contributed by atoms with Crippen molar-refractivity contribution in [3.8, 4) is 0 Å². The first kappa shape index (κ1) is 17.7. The highest BCUT2D eigenvalue weighted by atomic mass is 32.2. The van der Waals surface area contributed by atoms with Gasteiger partial charge < -0.3 is 20.5 Å². The van der Waals surface area contributed by atoms with Crippen molar-refractivity contribution in [2.24, 2.45) is 5.73 Å². The predicted octanol–water partition coefficient (Wildman–Crippen LogP) is -0.711. The van der Waals surface area contributed by atoms with E-state index in [2.05, 4.69) is 14.8 Å². The van der Waals surface area contributed by atoms with E-state index in [1.807, 2.05) is 0 Å². The summed E-state index contributed by atoms with van der Waals surface area (Å²) in [7, 11) is 2.59. The zero-order valence-electron chi connectivity index (χ0n) is 11.1. The maximum Gasteiger partial charge on any atom is 0.323 e. The zero-order chi connectivity index (χ0) is 14.7. The van der Waals surface area contributed by atoms with E-state index < -0.39 is 12.0 Å². The molecule has 8 heteroatoms. The van der Waals surface area contributed by atoms with Crippen LogP contribution in [0.5, 0.6) is 0 Å². The minimum absolute atomic E-state index is 0.160. The predicted molar refractivity (Wildman–Crippen MR) is 71.6 cm³/mol. The summed E-state index contributed by atoms with van der Waals surface area (Å²) >= 11 is 1.25. The maximum absolute atomic E-state index is 11.4.